The molecule has 0 aromatic heterocycles. The number of halogens is 3. The smallest absolute Gasteiger partial charge is 0.129 e. The van der Waals surface area contributed by atoms with E-state index in [0.29, 0.717) is 23.8 Å². The molecular formula is C31H35ClF2. The molecule has 1 saturated carbocycles. The maximum absolute atomic E-state index is 14.7. The highest BCUT2D eigenvalue weighted by Gasteiger charge is 2.21. The standard InChI is InChI=1S/C31H35ClF2/c1-22-2-4-23(5-3-22)6-7-24-8-10-25(11-9-24)12-13-27-20-30(33)29(31(34)21-27)19-16-26-14-17-28(32)18-15-26/h2-5,14-15,17-18,20-21,24-25H,6-13,16,19H2,1H3/t24-,25-. The molecule has 3 aromatic rings. The van der Waals surface area contributed by atoms with Crippen molar-refractivity contribution in [2.75, 3.05) is 0 Å². The average Bonchev–Trinajstić information content (AvgIpc) is 2.84. The van der Waals surface area contributed by atoms with Crippen molar-refractivity contribution in [3.63, 3.8) is 0 Å². The lowest BCUT2D eigenvalue weighted by molar-refractivity contribution is 0.253. The predicted molar refractivity (Wildman–Crippen MR) is 138 cm³/mol. The molecule has 0 bridgehead atoms. The van der Waals surface area contributed by atoms with E-state index < -0.39 is 11.6 Å². The van der Waals surface area contributed by atoms with Crippen molar-refractivity contribution < 1.29 is 8.78 Å². The fraction of sp³-hybridized carbons (Fsp3) is 0.419. The summed E-state index contributed by atoms with van der Waals surface area (Å²) in [6.45, 7) is 2.13. The Hall–Kier alpha value is -2.19. The molecule has 0 aliphatic heterocycles. The van der Waals surface area contributed by atoms with Gasteiger partial charge in [-0.3, -0.25) is 0 Å². The minimum atomic E-state index is -0.413. The Kier molecular flexibility index (Phi) is 8.78. The topological polar surface area (TPSA) is 0 Å². The van der Waals surface area contributed by atoms with Crippen molar-refractivity contribution in [2.45, 2.75) is 71.1 Å². The van der Waals surface area contributed by atoms with Crippen LogP contribution in [0.3, 0.4) is 0 Å². The van der Waals surface area contributed by atoms with Gasteiger partial charge in [0.05, 0.1) is 0 Å². The van der Waals surface area contributed by atoms with Gasteiger partial charge in [-0.1, -0.05) is 79.2 Å². The second-order valence-corrected chi connectivity index (χ2v) is 10.6. The van der Waals surface area contributed by atoms with Crippen molar-refractivity contribution in [1.82, 2.24) is 0 Å². The van der Waals surface area contributed by atoms with Gasteiger partial charge in [-0.05, 0) is 98.2 Å². The molecule has 0 amide bonds. The molecule has 1 aliphatic carbocycles. The normalized spacial score (nSPS) is 18.2. The zero-order chi connectivity index (χ0) is 23.9. The molecule has 1 fully saturated rings. The molecule has 0 radical (unpaired) electrons. The van der Waals surface area contributed by atoms with Crippen molar-refractivity contribution in [3.8, 4) is 0 Å². The van der Waals surface area contributed by atoms with Gasteiger partial charge in [0, 0.05) is 10.6 Å². The van der Waals surface area contributed by atoms with Gasteiger partial charge in [0.25, 0.3) is 0 Å². The summed E-state index contributed by atoms with van der Waals surface area (Å²) >= 11 is 5.91. The first-order valence-electron chi connectivity index (χ1n) is 12.7. The minimum Gasteiger partial charge on any atom is -0.207 e. The summed E-state index contributed by atoms with van der Waals surface area (Å²) in [5.41, 5.74) is 4.76. The molecule has 0 unspecified atom stereocenters. The lowest BCUT2D eigenvalue weighted by Gasteiger charge is -2.28. The van der Waals surface area contributed by atoms with E-state index in [-0.39, 0.29) is 5.56 Å². The maximum Gasteiger partial charge on any atom is 0.129 e. The first-order chi connectivity index (χ1) is 16.5. The van der Waals surface area contributed by atoms with Crippen LogP contribution in [0.2, 0.25) is 5.02 Å². The molecule has 3 aromatic carbocycles. The van der Waals surface area contributed by atoms with Gasteiger partial charge >= 0.3 is 0 Å². The quantitative estimate of drug-likeness (QED) is 0.286. The third-order valence-corrected chi connectivity index (χ3v) is 7.80. The van der Waals surface area contributed by atoms with Crippen LogP contribution in [0.1, 0.15) is 66.3 Å². The van der Waals surface area contributed by atoms with Crippen LogP contribution < -0.4 is 0 Å². The summed E-state index contributed by atoms with van der Waals surface area (Å²) in [4.78, 5) is 0. The summed E-state index contributed by atoms with van der Waals surface area (Å²) in [6.07, 6.45) is 10.2. The van der Waals surface area contributed by atoms with E-state index in [4.69, 9.17) is 11.6 Å². The number of aryl methyl sites for hydroxylation is 4. The molecular weight excluding hydrogens is 446 g/mol. The van der Waals surface area contributed by atoms with E-state index in [1.807, 2.05) is 24.3 Å². The van der Waals surface area contributed by atoms with Crippen LogP contribution in [0.4, 0.5) is 8.78 Å². The third kappa shape index (κ3) is 7.15. The van der Waals surface area contributed by atoms with Crippen molar-refractivity contribution in [3.05, 3.63) is 105 Å². The first-order valence-corrected chi connectivity index (χ1v) is 13.1. The summed E-state index contributed by atoms with van der Waals surface area (Å²) in [7, 11) is 0. The number of hydrogen-bond acceptors (Lipinski definition) is 0. The molecule has 0 saturated heterocycles. The van der Waals surface area contributed by atoms with E-state index in [1.54, 1.807) is 12.1 Å². The highest BCUT2D eigenvalue weighted by atomic mass is 35.5. The monoisotopic (exact) mass is 480 g/mol. The summed E-state index contributed by atoms with van der Waals surface area (Å²) in [6, 6.07) is 19.4. The Morgan fingerprint density at radius 1 is 0.647 bits per heavy atom. The van der Waals surface area contributed by atoms with E-state index in [0.717, 1.165) is 29.9 Å². The number of rotatable bonds is 9. The molecule has 0 nitrogen and oxygen atoms in total. The van der Waals surface area contributed by atoms with Crippen LogP contribution in [0.5, 0.6) is 0 Å². The Balaban J connectivity index is 1.21. The summed E-state index contributed by atoms with van der Waals surface area (Å²) < 4.78 is 29.4. The molecule has 3 heteroatoms. The average molecular weight is 481 g/mol. The van der Waals surface area contributed by atoms with Crippen LogP contribution in [0, 0.1) is 30.4 Å². The zero-order valence-electron chi connectivity index (χ0n) is 20.1. The Morgan fingerprint density at radius 2 is 1.12 bits per heavy atom. The van der Waals surface area contributed by atoms with Gasteiger partial charge in [0.1, 0.15) is 11.6 Å². The van der Waals surface area contributed by atoms with E-state index in [1.165, 1.54) is 49.7 Å². The van der Waals surface area contributed by atoms with Gasteiger partial charge in [-0.2, -0.15) is 0 Å². The molecule has 0 N–H and O–H groups in total. The lowest BCUT2D eigenvalue weighted by atomic mass is 9.77. The molecule has 180 valence electrons. The highest BCUT2D eigenvalue weighted by molar-refractivity contribution is 6.30. The molecule has 0 spiro atoms. The predicted octanol–water partition coefficient (Wildman–Crippen LogP) is 9.08. The van der Waals surface area contributed by atoms with E-state index in [9.17, 15) is 8.78 Å². The Labute approximate surface area is 208 Å². The molecule has 0 atom stereocenters. The maximum atomic E-state index is 14.7. The van der Waals surface area contributed by atoms with Crippen LogP contribution in [-0.2, 0) is 25.7 Å². The van der Waals surface area contributed by atoms with Crippen LogP contribution in [0.25, 0.3) is 0 Å². The first kappa shape index (κ1) is 24.9. The van der Waals surface area contributed by atoms with Crippen molar-refractivity contribution in [1.29, 1.82) is 0 Å². The van der Waals surface area contributed by atoms with Gasteiger partial charge in [-0.25, -0.2) is 8.78 Å². The van der Waals surface area contributed by atoms with Crippen LogP contribution in [-0.4, -0.2) is 0 Å². The number of hydrogen-bond donors (Lipinski definition) is 0. The van der Waals surface area contributed by atoms with Crippen molar-refractivity contribution in [2.24, 2.45) is 11.8 Å². The second-order valence-electron chi connectivity index (χ2n) is 10.1. The van der Waals surface area contributed by atoms with Gasteiger partial charge in [-0.15, -0.1) is 0 Å². The van der Waals surface area contributed by atoms with E-state index in [2.05, 4.69) is 31.2 Å². The Bertz CT molecular complexity index is 1020. The summed E-state index contributed by atoms with van der Waals surface area (Å²) in [5.74, 6) is 0.659. The fourth-order valence-corrected chi connectivity index (χ4v) is 5.39. The van der Waals surface area contributed by atoms with Crippen molar-refractivity contribution >= 4 is 11.6 Å². The second kappa shape index (κ2) is 12.0. The Morgan fingerprint density at radius 3 is 1.68 bits per heavy atom. The highest BCUT2D eigenvalue weighted by Crippen LogP contribution is 2.34. The fourth-order valence-electron chi connectivity index (χ4n) is 5.26. The summed E-state index contributed by atoms with van der Waals surface area (Å²) in [5, 5.41) is 0.668. The SMILES string of the molecule is Cc1ccc(CC[C@H]2CC[C@H](CCc3cc(F)c(CCc4ccc(Cl)cc4)c(F)c3)CC2)cc1. The van der Waals surface area contributed by atoms with Crippen LogP contribution in [0.15, 0.2) is 60.7 Å². The van der Waals surface area contributed by atoms with Gasteiger partial charge in [0.2, 0.25) is 0 Å². The minimum absolute atomic E-state index is 0.188. The number of benzene rings is 3. The molecule has 1 aliphatic rings. The zero-order valence-corrected chi connectivity index (χ0v) is 20.9. The van der Waals surface area contributed by atoms with Gasteiger partial charge in [0.15, 0.2) is 0 Å². The third-order valence-electron chi connectivity index (χ3n) is 7.55. The largest absolute Gasteiger partial charge is 0.207 e. The molecule has 34 heavy (non-hydrogen) atoms. The molecule has 0 heterocycles. The lowest BCUT2D eigenvalue weighted by Crippen LogP contribution is -2.16. The van der Waals surface area contributed by atoms with Gasteiger partial charge < -0.3 is 0 Å². The van der Waals surface area contributed by atoms with E-state index >= 15 is 0 Å². The van der Waals surface area contributed by atoms with Crippen LogP contribution >= 0.6 is 11.6 Å². The molecule has 4 rings (SSSR count).